The summed E-state index contributed by atoms with van der Waals surface area (Å²) in [5.74, 6) is 0.343. The fourth-order valence-corrected chi connectivity index (χ4v) is 4.72. The van der Waals surface area contributed by atoms with E-state index in [1.807, 2.05) is 42.5 Å². The summed E-state index contributed by atoms with van der Waals surface area (Å²) in [5.41, 5.74) is 2.78. The zero-order chi connectivity index (χ0) is 17.4. The van der Waals surface area contributed by atoms with E-state index in [9.17, 15) is 10.2 Å². The molecule has 128 valence electrons. The van der Waals surface area contributed by atoms with Crippen LogP contribution in [0.3, 0.4) is 0 Å². The molecule has 1 aliphatic carbocycles. The third-order valence-corrected chi connectivity index (χ3v) is 5.96. The summed E-state index contributed by atoms with van der Waals surface area (Å²) in [7, 11) is 0. The second kappa shape index (κ2) is 6.27. The van der Waals surface area contributed by atoms with Crippen LogP contribution in [0.5, 0.6) is 0 Å². The molecule has 4 heteroatoms. The zero-order valence-electron chi connectivity index (χ0n) is 14.0. The molecule has 4 rings (SSSR count). The molecule has 25 heavy (non-hydrogen) atoms. The van der Waals surface area contributed by atoms with E-state index < -0.39 is 6.10 Å². The van der Waals surface area contributed by atoms with Crippen molar-refractivity contribution >= 4 is 0 Å². The van der Waals surface area contributed by atoms with Crippen LogP contribution in [0.2, 0.25) is 0 Å². The Morgan fingerprint density at radius 1 is 1.12 bits per heavy atom. The normalized spacial score (nSPS) is 31.2. The van der Waals surface area contributed by atoms with Crippen LogP contribution in [0.1, 0.15) is 22.6 Å². The Hall–Kier alpha value is -2.19. The van der Waals surface area contributed by atoms with Crippen LogP contribution < -0.4 is 0 Å². The molecule has 2 aromatic carbocycles. The van der Waals surface area contributed by atoms with Crippen molar-refractivity contribution in [2.24, 2.45) is 11.3 Å². The number of likely N-dealkylation sites (tertiary alicyclic amines) is 1. The van der Waals surface area contributed by atoms with Gasteiger partial charge >= 0.3 is 0 Å². The van der Waals surface area contributed by atoms with Gasteiger partial charge < -0.3 is 10.2 Å². The Bertz CT molecular complexity index is 784. The number of aliphatic hydroxyl groups excluding tert-OH is 2. The highest BCUT2D eigenvalue weighted by molar-refractivity contribution is 5.37. The van der Waals surface area contributed by atoms with Crippen molar-refractivity contribution in [3.63, 3.8) is 0 Å². The number of nitrogens with zero attached hydrogens (tertiary/aromatic N) is 2. The minimum Gasteiger partial charge on any atom is -0.396 e. The molecule has 0 aromatic heterocycles. The minimum atomic E-state index is -0.423. The third-order valence-electron chi connectivity index (χ3n) is 5.96. The van der Waals surface area contributed by atoms with Gasteiger partial charge in [-0.05, 0) is 35.1 Å². The number of β-amino-alcohol motifs (C(OH)–C–C–N with tert-alkyl or cyclic N) is 1. The monoisotopic (exact) mass is 334 g/mol. The Labute approximate surface area is 148 Å². The molecule has 2 aliphatic rings. The van der Waals surface area contributed by atoms with Gasteiger partial charge in [0.15, 0.2) is 0 Å². The molecule has 0 amide bonds. The number of hydrogen-bond donors (Lipinski definition) is 2. The van der Waals surface area contributed by atoms with Gasteiger partial charge in [0, 0.05) is 31.7 Å². The molecule has 4 nitrogen and oxygen atoms in total. The van der Waals surface area contributed by atoms with E-state index in [-0.39, 0.29) is 23.9 Å². The van der Waals surface area contributed by atoms with Crippen LogP contribution in [-0.2, 0) is 6.54 Å². The second-order valence-corrected chi connectivity index (χ2v) is 7.28. The molecule has 0 radical (unpaired) electrons. The predicted molar refractivity (Wildman–Crippen MR) is 94.6 cm³/mol. The highest BCUT2D eigenvalue weighted by Crippen LogP contribution is 2.68. The molecule has 2 N–H and O–H groups in total. The standard InChI is InChI=1S/C21H22N2O2/c22-10-15-6-8-16(9-7-15)11-23-12-19(25)21(14-23)18(13-24)20(21)17-4-2-1-3-5-17/h1-9,18-20,24-25H,11-14H2/t18-,19+,20-,21-/m1/s1. The molecule has 2 fully saturated rings. The average molecular weight is 334 g/mol. The predicted octanol–water partition coefficient (Wildman–Crippen LogP) is 2.13. The number of hydrogen-bond acceptors (Lipinski definition) is 4. The molecular weight excluding hydrogens is 312 g/mol. The molecule has 1 heterocycles. The summed E-state index contributed by atoms with van der Waals surface area (Å²) in [5, 5.41) is 29.5. The maximum absolute atomic E-state index is 10.8. The van der Waals surface area contributed by atoms with Crippen LogP contribution in [0.4, 0.5) is 0 Å². The number of aliphatic hydroxyl groups is 2. The summed E-state index contributed by atoms with van der Waals surface area (Å²) in [6.45, 7) is 2.28. The Morgan fingerprint density at radius 3 is 2.48 bits per heavy atom. The van der Waals surface area contributed by atoms with E-state index in [2.05, 4.69) is 23.1 Å². The van der Waals surface area contributed by atoms with Crippen LogP contribution >= 0.6 is 0 Å². The quantitative estimate of drug-likeness (QED) is 0.899. The highest BCUT2D eigenvalue weighted by atomic mass is 16.3. The molecular formula is C21H22N2O2. The summed E-state index contributed by atoms with van der Waals surface area (Å²) in [6.07, 6.45) is -0.423. The van der Waals surface area contributed by atoms with Gasteiger partial charge in [0.25, 0.3) is 0 Å². The second-order valence-electron chi connectivity index (χ2n) is 7.28. The number of benzene rings is 2. The van der Waals surface area contributed by atoms with E-state index in [1.165, 1.54) is 5.56 Å². The van der Waals surface area contributed by atoms with Crippen molar-refractivity contribution in [2.45, 2.75) is 18.6 Å². The van der Waals surface area contributed by atoms with E-state index >= 15 is 0 Å². The zero-order valence-corrected chi connectivity index (χ0v) is 14.0. The first-order valence-corrected chi connectivity index (χ1v) is 8.74. The van der Waals surface area contributed by atoms with E-state index in [0.29, 0.717) is 12.1 Å². The van der Waals surface area contributed by atoms with Crippen LogP contribution in [0, 0.1) is 22.7 Å². The molecule has 4 atom stereocenters. The third kappa shape index (κ3) is 2.65. The summed E-state index contributed by atoms with van der Waals surface area (Å²) < 4.78 is 0. The van der Waals surface area contributed by atoms with Crippen LogP contribution in [0.15, 0.2) is 54.6 Å². The van der Waals surface area contributed by atoms with Crippen molar-refractivity contribution in [3.8, 4) is 6.07 Å². The molecule has 1 spiro atoms. The van der Waals surface area contributed by atoms with Gasteiger partial charge in [0.05, 0.1) is 17.7 Å². The van der Waals surface area contributed by atoms with Crippen molar-refractivity contribution in [1.29, 1.82) is 5.26 Å². The number of nitriles is 1. The largest absolute Gasteiger partial charge is 0.396 e. The van der Waals surface area contributed by atoms with Gasteiger partial charge in [-0.2, -0.15) is 5.26 Å². The topological polar surface area (TPSA) is 67.5 Å². The smallest absolute Gasteiger partial charge is 0.0991 e. The SMILES string of the molecule is N#Cc1ccc(CN2C[C@H](O)[C@@]3(C2)[C@H](CO)[C@H]3c2ccccc2)cc1. The first-order valence-electron chi connectivity index (χ1n) is 8.74. The van der Waals surface area contributed by atoms with Crippen molar-refractivity contribution in [2.75, 3.05) is 19.7 Å². The lowest BCUT2D eigenvalue weighted by Crippen LogP contribution is -2.23. The minimum absolute atomic E-state index is 0.112. The maximum atomic E-state index is 10.8. The Balaban J connectivity index is 1.51. The van der Waals surface area contributed by atoms with Gasteiger partial charge in [0.2, 0.25) is 0 Å². The molecule has 1 saturated carbocycles. The fraction of sp³-hybridized carbons (Fsp3) is 0.381. The average Bonchev–Trinajstić information content (AvgIpc) is 3.19. The first kappa shape index (κ1) is 16.3. The lowest BCUT2D eigenvalue weighted by Gasteiger charge is -2.16. The molecule has 1 saturated heterocycles. The van der Waals surface area contributed by atoms with Gasteiger partial charge in [-0.1, -0.05) is 42.5 Å². The van der Waals surface area contributed by atoms with Crippen molar-refractivity contribution in [1.82, 2.24) is 4.90 Å². The van der Waals surface area contributed by atoms with Crippen LogP contribution in [-0.4, -0.2) is 40.9 Å². The van der Waals surface area contributed by atoms with E-state index in [0.717, 1.165) is 18.7 Å². The molecule has 0 bridgehead atoms. The van der Waals surface area contributed by atoms with E-state index in [4.69, 9.17) is 5.26 Å². The fourth-order valence-electron chi connectivity index (χ4n) is 4.72. The van der Waals surface area contributed by atoms with E-state index in [1.54, 1.807) is 0 Å². The molecule has 1 aliphatic heterocycles. The van der Waals surface area contributed by atoms with Crippen molar-refractivity contribution < 1.29 is 10.2 Å². The lowest BCUT2D eigenvalue weighted by atomic mass is 9.95. The Kier molecular flexibility index (Phi) is 4.09. The highest BCUT2D eigenvalue weighted by Gasteiger charge is 2.70. The summed E-state index contributed by atoms with van der Waals surface area (Å²) >= 11 is 0. The van der Waals surface area contributed by atoms with Crippen LogP contribution in [0.25, 0.3) is 0 Å². The lowest BCUT2D eigenvalue weighted by molar-refractivity contribution is 0.111. The number of rotatable bonds is 4. The van der Waals surface area contributed by atoms with Gasteiger partial charge in [0.1, 0.15) is 0 Å². The van der Waals surface area contributed by atoms with Gasteiger partial charge in [-0.25, -0.2) is 0 Å². The Morgan fingerprint density at radius 2 is 1.84 bits per heavy atom. The summed E-state index contributed by atoms with van der Waals surface area (Å²) in [6, 6.07) is 20.0. The summed E-state index contributed by atoms with van der Waals surface area (Å²) in [4.78, 5) is 2.26. The maximum Gasteiger partial charge on any atom is 0.0991 e. The van der Waals surface area contributed by atoms with Crippen molar-refractivity contribution in [3.05, 3.63) is 71.3 Å². The first-order chi connectivity index (χ1) is 12.2. The molecule has 0 unspecified atom stereocenters. The molecule has 2 aromatic rings. The van der Waals surface area contributed by atoms with Gasteiger partial charge in [-0.15, -0.1) is 0 Å². The van der Waals surface area contributed by atoms with Gasteiger partial charge in [-0.3, -0.25) is 4.90 Å².